The molecular weight excluding hydrogens is 979 g/mol. The van der Waals surface area contributed by atoms with E-state index < -0.39 is 102 Å². The molecule has 4 aliphatic heterocycles. The lowest BCUT2D eigenvalue weighted by Gasteiger charge is -2.49. The third-order valence-electron chi connectivity index (χ3n) is 16.8. The standard InChI is InChI=1S/C56H87N7O13/c1-14-45-56(10,69)49(65)36(6)62(12)29-32(2)26-54(8,68)51(34(4)48(35(5)52(67)73-45)74-46-27-55(9,70-13)50(66)37(7)72-46)75-53-47(64)44(24-33(3)71-53)61(11)23-21-41-30-63(60-58-41)31-42-25-43(59-76-42)39-19-17-38(18-20-39)40-16-15-22-57-28-40/h15-20,22,28,30,32-37,42,44-51,53,64-66,68-69H,14,21,23-27,29,31H2,1-13H3/t32-,33-,34+,35-,36-,37+,42-,44+,45-,46+,47-,48+,49-,50+,51-,53+,54-,55-,56-/m1/s1. The molecule has 19 atom stereocenters. The first kappa shape index (κ1) is 59.6. The average molecular weight is 1070 g/mol. The number of carbonyl (C=O) groups excluding carboxylic acids is 1. The molecule has 6 heterocycles. The van der Waals surface area contributed by atoms with Gasteiger partial charge in [-0.1, -0.05) is 61.5 Å². The Balaban J connectivity index is 1.07. The van der Waals surface area contributed by atoms with Crippen LogP contribution in [0.5, 0.6) is 0 Å². The van der Waals surface area contributed by atoms with E-state index in [0.717, 1.165) is 28.1 Å². The van der Waals surface area contributed by atoms with Gasteiger partial charge in [0.25, 0.3) is 0 Å². The van der Waals surface area contributed by atoms with E-state index in [0.29, 0.717) is 38.9 Å². The smallest absolute Gasteiger partial charge is 0.311 e. The molecule has 3 aromatic rings. The maximum Gasteiger partial charge on any atom is 0.311 e. The summed E-state index contributed by atoms with van der Waals surface area (Å²) in [4.78, 5) is 28.6. The van der Waals surface area contributed by atoms with Crippen molar-refractivity contribution in [3.63, 3.8) is 0 Å². The molecule has 0 radical (unpaired) electrons. The van der Waals surface area contributed by atoms with Crippen LogP contribution < -0.4 is 0 Å². The van der Waals surface area contributed by atoms with Crippen LogP contribution in [0.4, 0.5) is 0 Å². The van der Waals surface area contributed by atoms with Crippen molar-refractivity contribution in [1.29, 1.82) is 0 Å². The number of pyridine rings is 1. The first-order valence-corrected chi connectivity index (χ1v) is 27.2. The van der Waals surface area contributed by atoms with Crippen LogP contribution >= 0.6 is 0 Å². The quantitative estimate of drug-likeness (QED) is 0.141. The molecule has 3 fully saturated rings. The van der Waals surface area contributed by atoms with E-state index in [1.54, 1.807) is 52.4 Å². The molecule has 1 aromatic carbocycles. The molecule has 0 unspecified atom stereocenters. The van der Waals surface area contributed by atoms with Crippen molar-refractivity contribution in [1.82, 2.24) is 29.8 Å². The van der Waals surface area contributed by atoms with E-state index in [9.17, 15) is 30.3 Å². The number of ether oxygens (including phenoxy) is 6. The zero-order valence-corrected chi connectivity index (χ0v) is 46.9. The van der Waals surface area contributed by atoms with Crippen LogP contribution in [0.3, 0.4) is 0 Å². The molecule has 424 valence electrons. The summed E-state index contributed by atoms with van der Waals surface area (Å²) < 4.78 is 40.2. The molecule has 76 heavy (non-hydrogen) atoms. The first-order chi connectivity index (χ1) is 35.8. The highest BCUT2D eigenvalue weighted by atomic mass is 16.7. The van der Waals surface area contributed by atoms with Crippen LogP contribution in [0.25, 0.3) is 11.1 Å². The van der Waals surface area contributed by atoms with Gasteiger partial charge in [0.05, 0.1) is 59.5 Å². The van der Waals surface area contributed by atoms with E-state index >= 15 is 0 Å². The van der Waals surface area contributed by atoms with Gasteiger partial charge in [0.2, 0.25) is 0 Å². The van der Waals surface area contributed by atoms with Gasteiger partial charge in [0.15, 0.2) is 18.7 Å². The summed E-state index contributed by atoms with van der Waals surface area (Å²) in [5.41, 5.74) is 0.214. The summed E-state index contributed by atoms with van der Waals surface area (Å²) >= 11 is 0. The third-order valence-corrected chi connectivity index (χ3v) is 16.8. The van der Waals surface area contributed by atoms with Gasteiger partial charge in [-0.3, -0.25) is 9.78 Å². The fourth-order valence-corrected chi connectivity index (χ4v) is 12.0. The molecule has 20 heteroatoms. The number of cyclic esters (lactones) is 1. The normalized spacial score (nSPS) is 39.5. The molecule has 3 saturated heterocycles. The van der Waals surface area contributed by atoms with E-state index in [4.69, 9.17) is 33.3 Å². The van der Waals surface area contributed by atoms with Gasteiger partial charge in [0.1, 0.15) is 30.0 Å². The number of hydrogen-bond acceptors (Lipinski definition) is 19. The third kappa shape index (κ3) is 13.7. The number of carbonyl (C=O) groups is 1. The molecule has 0 spiro atoms. The molecule has 2 aromatic heterocycles. The maximum absolute atomic E-state index is 14.5. The number of aliphatic hydroxyl groups excluding tert-OH is 3. The number of esters is 1. The second-order valence-electron chi connectivity index (χ2n) is 23.2. The van der Waals surface area contributed by atoms with Crippen LogP contribution in [0.1, 0.15) is 113 Å². The number of likely N-dealkylation sites (N-methyl/N-ethyl adjacent to an activating group) is 2. The van der Waals surface area contributed by atoms with Gasteiger partial charge >= 0.3 is 5.97 Å². The van der Waals surface area contributed by atoms with E-state index in [2.05, 4.69) is 37.5 Å². The van der Waals surface area contributed by atoms with Crippen molar-refractivity contribution in [2.45, 2.75) is 211 Å². The first-order valence-electron chi connectivity index (χ1n) is 27.2. The lowest BCUT2D eigenvalue weighted by atomic mass is 9.77. The fraction of sp³-hybridized carbons (Fsp3) is 0.732. The molecule has 0 bridgehead atoms. The minimum absolute atomic E-state index is 0.100. The zero-order chi connectivity index (χ0) is 55.4. The van der Waals surface area contributed by atoms with Gasteiger partial charge in [-0.2, -0.15) is 0 Å². The number of oxime groups is 1. The summed E-state index contributed by atoms with van der Waals surface area (Å²) in [6.07, 6.45) is -2.64. The topological polar surface area (TPSA) is 245 Å². The summed E-state index contributed by atoms with van der Waals surface area (Å²) in [7, 11) is 5.29. The summed E-state index contributed by atoms with van der Waals surface area (Å²) in [6, 6.07) is 11.1. The predicted molar refractivity (Wildman–Crippen MR) is 283 cm³/mol. The second kappa shape index (κ2) is 25.0. The molecule has 7 rings (SSSR count). The van der Waals surface area contributed by atoms with Crippen LogP contribution in [-0.4, -0.2) is 198 Å². The van der Waals surface area contributed by atoms with Crippen molar-refractivity contribution in [3.05, 3.63) is 66.2 Å². The summed E-state index contributed by atoms with van der Waals surface area (Å²) in [6.45, 7) is 19.0. The number of benzene rings is 1. The highest BCUT2D eigenvalue weighted by molar-refractivity contribution is 6.01. The predicted octanol–water partition coefficient (Wildman–Crippen LogP) is 4.36. The van der Waals surface area contributed by atoms with Crippen molar-refractivity contribution in [2.75, 3.05) is 34.3 Å². The highest BCUT2D eigenvalue weighted by Crippen LogP contribution is 2.40. The van der Waals surface area contributed by atoms with Crippen LogP contribution in [0, 0.1) is 17.8 Å². The number of nitrogens with zero attached hydrogens (tertiary/aromatic N) is 7. The number of aromatic nitrogens is 4. The van der Waals surface area contributed by atoms with Crippen LogP contribution in [-0.2, 0) is 51.0 Å². The van der Waals surface area contributed by atoms with Crippen molar-refractivity contribution in [3.8, 4) is 11.1 Å². The molecule has 4 aliphatic rings. The van der Waals surface area contributed by atoms with E-state index in [-0.39, 0.29) is 37.4 Å². The van der Waals surface area contributed by atoms with Gasteiger partial charge in [-0.05, 0) is 110 Å². The molecule has 0 amide bonds. The average Bonchev–Trinajstić information content (AvgIpc) is 4.06. The molecule has 20 nitrogen and oxygen atoms in total. The Kier molecular flexibility index (Phi) is 19.6. The monoisotopic (exact) mass is 1070 g/mol. The van der Waals surface area contributed by atoms with Gasteiger partial charge in [-0.25, -0.2) is 4.68 Å². The lowest BCUT2D eigenvalue weighted by molar-refractivity contribution is -0.318. The maximum atomic E-state index is 14.5. The minimum atomic E-state index is -1.84. The number of methoxy groups -OCH3 is 1. The zero-order valence-electron chi connectivity index (χ0n) is 46.9. The van der Waals surface area contributed by atoms with Gasteiger partial charge in [-0.15, -0.1) is 5.10 Å². The van der Waals surface area contributed by atoms with Crippen LogP contribution in [0.2, 0.25) is 0 Å². The van der Waals surface area contributed by atoms with Gasteiger partial charge < -0.3 is 68.6 Å². The Morgan fingerprint density at radius 1 is 0.921 bits per heavy atom. The fourth-order valence-electron chi connectivity index (χ4n) is 12.0. The second-order valence-corrected chi connectivity index (χ2v) is 23.2. The summed E-state index contributed by atoms with van der Waals surface area (Å²) in [5, 5.41) is 73.1. The number of rotatable bonds is 14. The van der Waals surface area contributed by atoms with Crippen molar-refractivity contribution >= 4 is 11.7 Å². The number of aliphatic hydroxyl groups is 5. The molecular formula is C56H87N7O13. The summed E-state index contributed by atoms with van der Waals surface area (Å²) in [5.74, 6) is -2.79. The van der Waals surface area contributed by atoms with E-state index in [1.165, 1.54) is 14.0 Å². The minimum Gasteiger partial charge on any atom is -0.459 e. The SMILES string of the molecule is CC[C@H]1OC(=O)[C@H](C)[C@@H](O[C@H]2C[C@@](C)(OC)[C@@H](O)[C@H](C)O2)[C@H](C)[C@@H](O[C@@H]2O[C@H](C)C[C@H](N(C)CCc3cn(C[C@H]4CC(c5ccc(-c6cccnc6)cc5)=NO4)nn3)[C@H]2O)[C@](C)(O)C[C@@H](C)CN(C)[C@H](C)[C@@H](O)[C@]1(C)O. The Morgan fingerprint density at radius 2 is 1.63 bits per heavy atom. The Labute approximate surface area is 449 Å². The van der Waals surface area contributed by atoms with Crippen LogP contribution in [0.15, 0.2) is 60.1 Å². The molecule has 0 saturated carbocycles. The van der Waals surface area contributed by atoms with Crippen molar-refractivity contribution in [2.24, 2.45) is 22.9 Å². The highest BCUT2D eigenvalue weighted by Gasteiger charge is 2.53. The van der Waals surface area contributed by atoms with E-state index in [1.807, 2.05) is 76.4 Å². The Bertz CT molecular complexity index is 2360. The Morgan fingerprint density at radius 3 is 2.30 bits per heavy atom. The Hall–Kier alpha value is -4.03. The van der Waals surface area contributed by atoms with Gasteiger partial charge in [0, 0.05) is 76.1 Å². The molecule has 0 aliphatic carbocycles. The molecule has 5 N–H and O–H groups in total. The number of hydrogen-bond donors (Lipinski definition) is 5. The largest absolute Gasteiger partial charge is 0.459 e. The lowest BCUT2D eigenvalue weighted by Crippen LogP contribution is -2.61. The van der Waals surface area contributed by atoms with Crippen molar-refractivity contribution < 1.29 is 63.6 Å².